The van der Waals surface area contributed by atoms with Crippen molar-refractivity contribution in [3.63, 3.8) is 0 Å². The molecule has 1 aromatic carbocycles. The average molecular weight is 310 g/mol. The van der Waals surface area contributed by atoms with Crippen LogP contribution in [-0.2, 0) is 0 Å². The Bertz CT molecular complexity index is 467. The third-order valence-corrected chi connectivity index (χ3v) is 4.67. The Kier molecular flexibility index (Phi) is 5.48. The Balaban J connectivity index is 1.88. The summed E-state index contributed by atoms with van der Waals surface area (Å²) in [5.74, 6) is 0. The number of halogens is 1. The molecule has 2 N–H and O–H groups in total. The molecule has 0 atom stereocenters. The first kappa shape index (κ1) is 16.1. The summed E-state index contributed by atoms with van der Waals surface area (Å²) in [6, 6.07) is 6.96. The number of carbonyl (C=O) groups excluding carboxylic acids is 1. The van der Waals surface area contributed by atoms with Crippen molar-refractivity contribution in [3.05, 3.63) is 29.3 Å². The highest BCUT2D eigenvalue weighted by atomic mass is 35.5. The van der Waals surface area contributed by atoms with Crippen LogP contribution in [-0.4, -0.2) is 37.1 Å². The fourth-order valence-electron chi connectivity index (χ4n) is 2.95. The second-order valence-electron chi connectivity index (χ2n) is 5.99. The van der Waals surface area contributed by atoms with Gasteiger partial charge in [0.1, 0.15) is 0 Å². The number of amides is 2. The molecule has 116 valence electrons. The van der Waals surface area contributed by atoms with Crippen LogP contribution in [0.5, 0.6) is 0 Å². The molecule has 1 aromatic rings. The van der Waals surface area contributed by atoms with E-state index in [0.29, 0.717) is 11.6 Å². The molecule has 0 heterocycles. The van der Waals surface area contributed by atoms with Crippen LogP contribution in [0.25, 0.3) is 0 Å². The topological polar surface area (TPSA) is 44.4 Å². The van der Waals surface area contributed by atoms with Crippen LogP contribution in [0.4, 0.5) is 10.5 Å². The molecule has 0 aliphatic heterocycles. The summed E-state index contributed by atoms with van der Waals surface area (Å²) in [5, 5.41) is 6.51. The maximum Gasteiger partial charge on any atom is 0.319 e. The Hall–Kier alpha value is -1.26. The molecule has 1 aliphatic rings. The van der Waals surface area contributed by atoms with Gasteiger partial charge in [0, 0.05) is 22.8 Å². The molecule has 0 bridgehead atoms. The lowest BCUT2D eigenvalue weighted by atomic mass is 9.80. The predicted octanol–water partition coefficient (Wildman–Crippen LogP) is 3.73. The number of hydrogen-bond donors (Lipinski definition) is 2. The highest BCUT2D eigenvalue weighted by Crippen LogP contribution is 2.31. The van der Waals surface area contributed by atoms with E-state index in [4.69, 9.17) is 11.6 Å². The fraction of sp³-hybridized carbons (Fsp3) is 0.562. The Morgan fingerprint density at radius 2 is 1.81 bits per heavy atom. The molecule has 1 fully saturated rings. The first-order valence-corrected chi connectivity index (χ1v) is 7.87. The van der Waals surface area contributed by atoms with Gasteiger partial charge >= 0.3 is 6.03 Å². The summed E-state index contributed by atoms with van der Waals surface area (Å²) in [4.78, 5) is 14.3. The van der Waals surface area contributed by atoms with Crippen LogP contribution < -0.4 is 10.6 Å². The van der Waals surface area contributed by atoms with E-state index in [2.05, 4.69) is 29.6 Å². The van der Waals surface area contributed by atoms with E-state index in [-0.39, 0.29) is 11.6 Å². The third-order valence-electron chi connectivity index (χ3n) is 4.41. The zero-order valence-corrected chi connectivity index (χ0v) is 13.5. The van der Waals surface area contributed by atoms with Gasteiger partial charge in [0.05, 0.1) is 0 Å². The summed E-state index contributed by atoms with van der Waals surface area (Å²) >= 11 is 5.83. The molecule has 1 saturated carbocycles. The van der Waals surface area contributed by atoms with Crippen molar-refractivity contribution < 1.29 is 4.79 Å². The quantitative estimate of drug-likeness (QED) is 0.890. The molecule has 1 aliphatic carbocycles. The third kappa shape index (κ3) is 4.35. The number of likely N-dealkylation sites (N-methyl/N-ethyl adjacent to an activating group) is 1. The highest BCUT2D eigenvalue weighted by Gasteiger charge is 2.34. The molecule has 0 unspecified atom stereocenters. The number of nitrogens with zero attached hydrogens (tertiary/aromatic N) is 1. The van der Waals surface area contributed by atoms with Crippen molar-refractivity contribution in [1.29, 1.82) is 0 Å². The van der Waals surface area contributed by atoms with Crippen LogP contribution in [0.3, 0.4) is 0 Å². The van der Waals surface area contributed by atoms with Gasteiger partial charge in [-0.15, -0.1) is 0 Å². The van der Waals surface area contributed by atoms with Gasteiger partial charge in [-0.2, -0.15) is 0 Å². The molecule has 0 aromatic heterocycles. The summed E-state index contributed by atoms with van der Waals surface area (Å²) in [6.07, 6.45) is 6.05. The maximum atomic E-state index is 12.0. The zero-order valence-electron chi connectivity index (χ0n) is 12.8. The molecule has 0 spiro atoms. The molecule has 0 radical (unpaired) electrons. The smallest absolute Gasteiger partial charge is 0.319 e. The molecule has 21 heavy (non-hydrogen) atoms. The van der Waals surface area contributed by atoms with E-state index in [1.807, 2.05) is 0 Å². The largest absolute Gasteiger partial charge is 0.336 e. The van der Waals surface area contributed by atoms with Gasteiger partial charge in [0.2, 0.25) is 0 Å². The van der Waals surface area contributed by atoms with E-state index in [9.17, 15) is 4.79 Å². The van der Waals surface area contributed by atoms with Gasteiger partial charge < -0.3 is 15.5 Å². The van der Waals surface area contributed by atoms with Crippen LogP contribution >= 0.6 is 11.6 Å². The second-order valence-corrected chi connectivity index (χ2v) is 6.43. The van der Waals surface area contributed by atoms with Crippen molar-refractivity contribution >= 4 is 23.3 Å². The first-order chi connectivity index (χ1) is 10.0. The van der Waals surface area contributed by atoms with Gasteiger partial charge in [0.25, 0.3) is 0 Å². The van der Waals surface area contributed by atoms with Crippen molar-refractivity contribution in [1.82, 2.24) is 10.2 Å². The Morgan fingerprint density at radius 1 is 1.19 bits per heavy atom. The number of hydrogen-bond acceptors (Lipinski definition) is 2. The minimum Gasteiger partial charge on any atom is -0.336 e. The molecular formula is C16H24ClN3O. The highest BCUT2D eigenvalue weighted by molar-refractivity contribution is 6.30. The standard InChI is InChI=1S/C16H24ClN3O/c1-20(2)16(10-4-3-5-11-16)12-18-15(21)19-14-8-6-13(17)7-9-14/h6-9H,3-5,10-12H2,1-2H3,(H2,18,19,21). The number of anilines is 1. The van der Waals surface area contributed by atoms with Crippen molar-refractivity contribution in [2.45, 2.75) is 37.6 Å². The normalized spacial score (nSPS) is 17.5. The van der Waals surface area contributed by atoms with Gasteiger partial charge in [-0.1, -0.05) is 30.9 Å². The molecular weight excluding hydrogens is 286 g/mol. The van der Waals surface area contributed by atoms with Crippen LogP contribution in [0.1, 0.15) is 32.1 Å². The average Bonchev–Trinajstić information content (AvgIpc) is 2.48. The van der Waals surface area contributed by atoms with Gasteiger partial charge in [-0.05, 0) is 51.2 Å². The van der Waals surface area contributed by atoms with Crippen molar-refractivity contribution in [2.24, 2.45) is 0 Å². The van der Waals surface area contributed by atoms with Crippen LogP contribution in [0.2, 0.25) is 5.02 Å². The summed E-state index contributed by atoms with van der Waals surface area (Å²) in [6.45, 7) is 0.680. The summed E-state index contributed by atoms with van der Waals surface area (Å²) < 4.78 is 0. The monoisotopic (exact) mass is 309 g/mol. The number of urea groups is 1. The molecule has 4 nitrogen and oxygen atoms in total. The summed E-state index contributed by atoms with van der Waals surface area (Å²) in [5.41, 5.74) is 0.842. The van der Waals surface area contributed by atoms with E-state index >= 15 is 0 Å². The minimum absolute atomic E-state index is 0.0928. The lowest BCUT2D eigenvalue weighted by molar-refractivity contribution is 0.101. The van der Waals surface area contributed by atoms with E-state index in [0.717, 1.165) is 18.5 Å². The van der Waals surface area contributed by atoms with Gasteiger partial charge in [-0.3, -0.25) is 0 Å². The van der Waals surface area contributed by atoms with Crippen molar-refractivity contribution in [3.8, 4) is 0 Å². The van der Waals surface area contributed by atoms with E-state index < -0.39 is 0 Å². The molecule has 5 heteroatoms. The number of carbonyl (C=O) groups is 1. The SMILES string of the molecule is CN(C)C1(CNC(=O)Nc2ccc(Cl)cc2)CCCCC1. The van der Waals surface area contributed by atoms with Crippen LogP contribution in [0.15, 0.2) is 24.3 Å². The number of rotatable bonds is 4. The Labute approximate surface area is 131 Å². The summed E-state index contributed by atoms with van der Waals surface area (Å²) in [7, 11) is 4.20. The second kappa shape index (κ2) is 7.14. The van der Waals surface area contributed by atoms with Crippen molar-refractivity contribution in [2.75, 3.05) is 26.0 Å². The predicted molar refractivity (Wildman–Crippen MR) is 88.0 cm³/mol. The molecule has 2 amide bonds. The zero-order chi connectivity index (χ0) is 15.3. The Morgan fingerprint density at radius 3 is 2.38 bits per heavy atom. The van der Waals surface area contributed by atoms with E-state index in [1.54, 1.807) is 24.3 Å². The van der Waals surface area contributed by atoms with Crippen LogP contribution in [0, 0.1) is 0 Å². The first-order valence-electron chi connectivity index (χ1n) is 7.50. The molecule has 2 rings (SSSR count). The number of nitrogens with one attached hydrogen (secondary N) is 2. The lowest BCUT2D eigenvalue weighted by Gasteiger charge is -2.43. The number of benzene rings is 1. The maximum absolute atomic E-state index is 12.0. The molecule has 0 saturated heterocycles. The minimum atomic E-state index is -0.163. The van der Waals surface area contributed by atoms with E-state index in [1.165, 1.54) is 19.3 Å². The van der Waals surface area contributed by atoms with Gasteiger partial charge in [-0.25, -0.2) is 4.79 Å². The lowest BCUT2D eigenvalue weighted by Crippen LogP contribution is -2.54. The fourth-order valence-corrected chi connectivity index (χ4v) is 3.07. The van der Waals surface area contributed by atoms with Gasteiger partial charge in [0.15, 0.2) is 0 Å².